The molecule has 98 valence electrons. The predicted octanol–water partition coefficient (Wildman–Crippen LogP) is 0.662. The molecule has 2 rings (SSSR count). The van der Waals surface area contributed by atoms with Crippen molar-refractivity contribution >= 4 is 11.7 Å². The van der Waals surface area contributed by atoms with Crippen LogP contribution in [0.5, 0.6) is 0 Å². The molecule has 0 saturated carbocycles. The van der Waals surface area contributed by atoms with Gasteiger partial charge in [0.15, 0.2) is 0 Å². The molecule has 5 heteroatoms. The lowest BCUT2D eigenvalue weighted by molar-refractivity contribution is 0.1000. The second-order valence-electron chi connectivity index (χ2n) is 5.23. The molecule has 0 radical (unpaired) electrons. The second kappa shape index (κ2) is 4.94. The van der Waals surface area contributed by atoms with Crippen molar-refractivity contribution in [1.29, 1.82) is 0 Å². The van der Waals surface area contributed by atoms with Gasteiger partial charge in [-0.1, -0.05) is 6.92 Å². The first-order valence-electron chi connectivity index (χ1n) is 6.24. The van der Waals surface area contributed by atoms with E-state index in [9.17, 15) is 4.79 Å². The molecule has 1 aliphatic heterocycles. The maximum absolute atomic E-state index is 11.3. The van der Waals surface area contributed by atoms with Crippen molar-refractivity contribution in [2.24, 2.45) is 17.4 Å². The number of hydrogen-bond acceptors (Lipinski definition) is 4. The number of aryl methyl sites for hydroxylation is 1. The summed E-state index contributed by atoms with van der Waals surface area (Å²) in [7, 11) is 0. The average molecular weight is 248 g/mol. The molecule has 18 heavy (non-hydrogen) atoms. The van der Waals surface area contributed by atoms with Gasteiger partial charge in [-0.3, -0.25) is 4.79 Å². The highest BCUT2D eigenvalue weighted by atomic mass is 16.1. The predicted molar refractivity (Wildman–Crippen MR) is 71.5 cm³/mol. The van der Waals surface area contributed by atoms with E-state index in [1.165, 1.54) is 0 Å². The first-order chi connectivity index (χ1) is 8.45. The maximum Gasteiger partial charge on any atom is 0.248 e. The minimum atomic E-state index is -0.420. The second-order valence-corrected chi connectivity index (χ2v) is 5.23. The molecule has 1 aliphatic rings. The van der Waals surface area contributed by atoms with Crippen molar-refractivity contribution < 1.29 is 4.79 Å². The Morgan fingerprint density at radius 3 is 2.78 bits per heavy atom. The number of anilines is 1. The minimum Gasteiger partial charge on any atom is -0.366 e. The highest BCUT2D eigenvalue weighted by Crippen LogP contribution is 2.22. The summed E-state index contributed by atoms with van der Waals surface area (Å²) < 4.78 is 0. The summed E-state index contributed by atoms with van der Waals surface area (Å²) >= 11 is 0. The monoisotopic (exact) mass is 248 g/mol. The average Bonchev–Trinajstić information content (AvgIpc) is 2.26. The van der Waals surface area contributed by atoms with Crippen molar-refractivity contribution in [1.82, 2.24) is 4.98 Å². The van der Waals surface area contributed by atoms with Gasteiger partial charge in [0, 0.05) is 30.4 Å². The Kier molecular flexibility index (Phi) is 3.52. The third-order valence-electron chi connectivity index (χ3n) is 3.24. The molecule has 1 aromatic heterocycles. The van der Waals surface area contributed by atoms with Crippen molar-refractivity contribution in [3.8, 4) is 0 Å². The molecule has 0 spiro atoms. The van der Waals surface area contributed by atoms with Gasteiger partial charge in [0.05, 0.1) is 0 Å². The fourth-order valence-corrected chi connectivity index (χ4v) is 2.54. The quantitative estimate of drug-likeness (QED) is 0.805. The van der Waals surface area contributed by atoms with Gasteiger partial charge in [0.1, 0.15) is 5.82 Å². The van der Waals surface area contributed by atoms with Gasteiger partial charge in [-0.2, -0.15) is 0 Å². The Labute approximate surface area is 107 Å². The zero-order valence-electron chi connectivity index (χ0n) is 10.9. The highest BCUT2D eigenvalue weighted by Gasteiger charge is 2.23. The molecule has 1 aromatic rings. The third kappa shape index (κ3) is 2.79. The van der Waals surface area contributed by atoms with Crippen LogP contribution in [0, 0.1) is 12.8 Å². The van der Waals surface area contributed by atoms with E-state index in [1.807, 2.05) is 6.92 Å². The standard InChI is InChI=1S/C13H20N4O/c1-8-3-11(14)7-17(6-8)12-5-10(13(15)18)4-9(2)16-12/h4-5,8,11H,3,6-7,14H2,1-2H3,(H2,15,18). The number of hydrogen-bond donors (Lipinski definition) is 2. The number of piperidine rings is 1. The first-order valence-corrected chi connectivity index (χ1v) is 6.24. The van der Waals surface area contributed by atoms with E-state index in [0.29, 0.717) is 11.5 Å². The Bertz CT molecular complexity index is 450. The molecule has 5 nitrogen and oxygen atoms in total. The lowest BCUT2D eigenvalue weighted by Crippen LogP contribution is -2.46. The van der Waals surface area contributed by atoms with Crippen molar-refractivity contribution in [3.63, 3.8) is 0 Å². The van der Waals surface area contributed by atoms with Crippen LogP contribution in [0.3, 0.4) is 0 Å². The van der Waals surface area contributed by atoms with Crippen molar-refractivity contribution in [3.05, 3.63) is 23.4 Å². The number of carbonyl (C=O) groups is 1. The zero-order valence-corrected chi connectivity index (χ0v) is 10.9. The smallest absolute Gasteiger partial charge is 0.248 e. The number of nitrogens with two attached hydrogens (primary N) is 2. The lowest BCUT2D eigenvalue weighted by Gasteiger charge is -2.35. The Balaban J connectivity index is 2.29. The van der Waals surface area contributed by atoms with E-state index < -0.39 is 5.91 Å². The van der Waals surface area contributed by atoms with Crippen LogP contribution in [0.25, 0.3) is 0 Å². The number of rotatable bonds is 2. The number of amides is 1. The number of primary amides is 1. The molecule has 2 heterocycles. The van der Waals surface area contributed by atoms with Crippen molar-refractivity contribution in [2.45, 2.75) is 26.3 Å². The van der Waals surface area contributed by atoms with Gasteiger partial charge in [0.2, 0.25) is 5.91 Å². The molecule has 0 aromatic carbocycles. The molecular weight excluding hydrogens is 228 g/mol. The van der Waals surface area contributed by atoms with E-state index in [4.69, 9.17) is 11.5 Å². The molecule has 1 fully saturated rings. The third-order valence-corrected chi connectivity index (χ3v) is 3.24. The fraction of sp³-hybridized carbons (Fsp3) is 0.538. The number of pyridine rings is 1. The van der Waals surface area contributed by atoms with Crippen molar-refractivity contribution in [2.75, 3.05) is 18.0 Å². The van der Waals surface area contributed by atoms with Crippen LogP contribution in [-0.4, -0.2) is 30.0 Å². The fourth-order valence-electron chi connectivity index (χ4n) is 2.54. The van der Waals surface area contributed by atoms with E-state index in [1.54, 1.807) is 12.1 Å². The minimum absolute atomic E-state index is 0.160. The topological polar surface area (TPSA) is 85.2 Å². The number of carbonyl (C=O) groups excluding carboxylic acids is 1. The Morgan fingerprint density at radius 2 is 2.17 bits per heavy atom. The van der Waals surface area contributed by atoms with Gasteiger partial charge in [-0.25, -0.2) is 4.98 Å². The lowest BCUT2D eigenvalue weighted by atomic mass is 9.96. The van der Waals surface area contributed by atoms with Crippen LogP contribution < -0.4 is 16.4 Å². The van der Waals surface area contributed by atoms with Gasteiger partial charge in [-0.05, 0) is 31.4 Å². The molecule has 4 N–H and O–H groups in total. The summed E-state index contributed by atoms with van der Waals surface area (Å²) in [6, 6.07) is 3.62. The van der Waals surface area contributed by atoms with Crippen LogP contribution in [0.2, 0.25) is 0 Å². The van der Waals surface area contributed by atoms with Crippen LogP contribution in [0.4, 0.5) is 5.82 Å². The molecule has 0 aliphatic carbocycles. The normalized spacial score (nSPS) is 24.1. The van der Waals surface area contributed by atoms with E-state index in [-0.39, 0.29) is 6.04 Å². The van der Waals surface area contributed by atoms with Gasteiger partial charge >= 0.3 is 0 Å². The summed E-state index contributed by atoms with van der Waals surface area (Å²) in [4.78, 5) is 17.9. The summed E-state index contributed by atoms with van der Waals surface area (Å²) in [5.41, 5.74) is 12.7. The number of aromatic nitrogens is 1. The van der Waals surface area contributed by atoms with E-state index in [0.717, 1.165) is 31.0 Å². The summed E-state index contributed by atoms with van der Waals surface area (Å²) in [5.74, 6) is 0.912. The molecule has 1 amide bonds. The van der Waals surface area contributed by atoms with Crippen LogP contribution in [-0.2, 0) is 0 Å². The maximum atomic E-state index is 11.3. The van der Waals surface area contributed by atoms with Crippen LogP contribution in [0.15, 0.2) is 12.1 Å². The SMILES string of the molecule is Cc1cc(C(N)=O)cc(N2CC(C)CC(N)C2)n1. The van der Waals surface area contributed by atoms with Gasteiger partial charge < -0.3 is 16.4 Å². The Morgan fingerprint density at radius 1 is 1.44 bits per heavy atom. The summed E-state index contributed by atoms with van der Waals surface area (Å²) in [5, 5.41) is 0. The van der Waals surface area contributed by atoms with E-state index >= 15 is 0 Å². The van der Waals surface area contributed by atoms with Gasteiger partial charge in [-0.15, -0.1) is 0 Å². The number of nitrogens with zero attached hydrogens (tertiary/aromatic N) is 2. The molecule has 1 saturated heterocycles. The zero-order chi connectivity index (χ0) is 13.3. The molecule has 0 bridgehead atoms. The summed E-state index contributed by atoms with van der Waals surface area (Å²) in [6.07, 6.45) is 1.03. The Hall–Kier alpha value is -1.62. The molecule has 2 atom stereocenters. The largest absolute Gasteiger partial charge is 0.366 e. The van der Waals surface area contributed by atoms with Crippen LogP contribution >= 0.6 is 0 Å². The molecule has 2 unspecified atom stereocenters. The first kappa shape index (κ1) is 12.8. The van der Waals surface area contributed by atoms with Crippen LogP contribution in [0.1, 0.15) is 29.4 Å². The summed E-state index contributed by atoms with van der Waals surface area (Å²) in [6.45, 7) is 5.74. The van der Waals surface area contributed by atoms with Gasteiger partial charge in [0.25, 0.3) is 0 Å². The highest BCUT2D eigenvalue weighted by molar-refractivity contribution is 5.93. The molecular formula is C13H20N4O. The van der Waals surface area contributed by atoms with E-state index in [2.05, 4.69) is 16.8 Å².